The van der Waals surface area contributed by atoms with Gasteiger partial charge in [-0.2, -0.15) is 5.10 Å². The first kappa shape index (κ1) is 19.8. The molecule has 0 bridgehead atoms. The molecule has 0 aliphatic heterocycles. The Kier molecular flexibility index (Phi) is 7.47. The molecular weight excluding hydrogens is 330 g/mol. The standard InChI is InChI=1S/C19H29N5O2/c1-14-18(15(2)24(23-14)9-10-25-4)13-22-19(20-3)21-12-16-7-6-8-17(11-16)26-5/h6-8,11H,9-10,12-13H2,1-5H3,(H2,20,21,22). The molecule has 1 aromatic carbocycles. The first-order valence-corrected chi connectivity index (χ1v) is 8.68. The van der Waals surface area contributed by atoms with Crippen molar-refractivity contribution < 1.29 is 9.47 Å². The molecule has 2 rings (SSSR count). The molecule has 0 spiro atoms. The number of methoxy groups -OCH3 is 2. The van der Waals surface area contributed by atoms with Gasteiger partial charge in [-0.3, -0.25) is 9.67 Å². The Morgan fingerprint density at radius 1 is 1.19 bits per heavy atom. The van der Waals surface area contributed by atoms with Crippen molar-refractivity contribution in [3.8, 4) is 5.75 Å². The summed E-state index contributed by atoms with van der Waals surface area (Å²) in [5.41, 5.74) is 4.49. The van der Waals surface area contributed by atoms with E-state index in [9.17, 15) is 0 Å². The van der Waals surface area contributed by atoms with E-state index in [2.05, 4.69) is 33.7 Å². The molecule has 7 nitrogen and oxygen atoms in total. The Balaban J connectivity index is 1.93. The van der Waals surface area contributed by atoms with Crippen LogP contribution in [0.25, 0.3) is 0 Å². The van der Waals surface area contributed by atoms with Crippen LogP contribution < -0.4 is 15.4 Å². The number of aryl methyl sites for hydroxylation is 1. The molecule has 2 N–H and O–H groups in total. The molecule has 0 fully saturated rings. The van der Waals surface area contributed by atoms with Crippen LogP contribution in [0.4, 0.5) is 0 Å². The van der Waals surface area contributed by atoms with Gasteiger partial charge >= 0.3 is 0 Å². The molecule has 1 aromatic heterocycles. The second-order valence-electron chi connectivity index (χ2n) is 6.00. The summed E-state index contributed by atoms with van der Waals surface area (Å²) in [6, 6.07) is 7.97. The van der Waals surface area contributed by atoms with E-state index < -0.39 is 0 Å². The molecule has 1 heterocycles. The minimum atomic E-state index is 0.651. The molecule has 7 heteroatoms. The Morgan fingerprint density at radius 2 is 1.96 bits per heavy atom. The number of nitrogens with zero attached hydrogens (tertiary/aromatic N) is 3. The van der Waals surface area contributed by atoms with Crippen LogP contribution in [-0.4, -0.2) is 43.6 Å². The fourth-order valence-corrected chi connectivity index (χ4v) is 2.75. The topological polar surface area (TPSA) is 72.7 Å². The van der Waals surface area contributed by atoms with Gasteiger partial charge in [0.2, 0.25) is 0 Å². The number of guanidine groups is 1. The largest absolute Gasteiger partial charge is 0.497 e. The monoisotopic (exact) mass is 359 g/mol. The third-order valence-corrected chi connectivity index (χ3v) is 4.29. The average molecular weight is 359 g/mol. The predicted octanol–water partition coefficient (Wildman–Crippen LogP) is 2.02. The lowest BCUT2D eigenvalue weighted by Crippen LogP contribution is -2.36. The highest BCUT2D eigenvalue weighted by atomic mass is 16.5. The second kappa shape index (κ2) is 9.82. The molecule has 142 valence electrons. The molecule has 0 unspecified atom stereocenters. The highest BCUT2D eigenvalue weighted by molar-refractivity contribution is 5.79. The summed E-state index contributed by atoms with van der Waals surface area (Å²) in [5, 5.41) is 11.3. The molecule has 26 heavy (non-hydrogen) atoms. The number of hydrogen-bond donors (Lipinski definition) is 2. The van der Waals surface area contributed by atoms with Gasteiger partial charge in [0, 0.05) is 38.5 Å². The fraction of sp³-hybridized carbons (Fsp3) is 0.474. The van der Waals surface area contributed by atoms with Crippen molar-refractivity contribution in [2.45, 2.75) is 33.5 Å². The predicted molar refractivity (Wildman–Crippen MR) is 104 cm³/mol. The molecule has 0 aliphatic rings. The summed E-state index contributed by atoms with van der Waals surface area (Å²) in [5.74, 6) is 1.60. The third kappa shape index (κ3) is 5.23. The van der Waals surface area contributed by atoms with Gasteiger partial charge in [-0.25, -0.2) is 0 Å². The second-order valence-corrected chi connectivity index (χ2v) is 6.00. The first-order valence-electron chi connectivity index (χ1n) is 8.68. The van der Waals surface area contributed by atoms with Gasteiger partial charge in [-0.1, -0.05) is 12.1 Å². The van der Waals surface area contributed by atoms with Crippen LogP contribution in [0.15, 0.2) is 29.3 Å². The summed E-state index contributed by atoms with van der Waals surface area (Å²) < 4.78 is 12.4. The highest BCUT2D eigenvalue weighted by Gasteiger charge is 2.11. The molecule has 0 aliphatic carbocycles. The molecule has 0 atom stereocenters. The Bertz CT molecular complexity index is 740. The zero-order valence-electron chi connectivity index (χ0n) is 16.3. The summed E-state index contributed by atoms with van der Waals surface area (Å²) in [6.45, 7) is 6.85. The maximum absolute atomic E-state index is 5.26. The van der Waals surface area contributed by atoms with Crippen molar-refractivity contribution in [2.24, 2.45) is 4.99 Å². The lowest BCUT2D eigenvalue weighted by atomic mass is 10.2. The maximum atomic E-state index is 5.26. The average Bonchev–Trinajstić information content (AvgIpc) is 2.93. The number of aromatic nitrogens is 2. The molecule has 0 saturated carbocycles. The summed E-state index contributed by atoms with van der Waals surface area (Å²) in [6.07, 6.45) is 0. The van der Waals surface area contributed by atoms with Crippen LogP contribution in [0.3, 0.4) is 0 Å². The summed E-state index contributed by atoms with van der Waals surface area (Å²) in [4.78, 5) is 4.29. The van der Waals surface area contributed by atoms with Crippen molar-refractivity contribution in [2.75, 3.05) is 27.9 Å². The van der Waals surface area contributed by atoms with Gasteiger partial charge < -0.3 is 20.1 Å². The third-order valence-electron chi connectivity index (χ3n) is 4.29. The van der Waals surface area contributed by atoms with Crippen LogP contribution >= 0.6 is 0 Å². The van der Waals surface area contributed by atoms with Gasteiger partial charge in [-0.15, -0.1) is 0 Å². The number of hydrogen-bond acceptors (Lipinski definition) is 4. The van der Waals surface area contributed by atoms with E-state index in [4.69, 9.17) is 9.47 Å². The first-order chi connectivity index (χ1) is 12.6. The zero-order chi connectivity index (χ0) is 18.9. The zero-order valence-corrected chi connectivity index (χ0v) is 16.3. The Morgan fingerprint density at radius 3 is 2.65 bits per heavy atom. The number of aliphatic imine (C=N–C) groups is 1. The lowest BCUT2D eigenvalue weighted by Gasteiger charge is -2.13. The van der Waals surface area contributed by atoms with Crippen molar-refractivity contribution in [1.82, 2.24) is 20.4 Å². The van der Waals surface area contributed by atoms with Gasteiger partial charge in [0.25, 0.3) is 0 Å². The smallest absolute Gasteiger partial charge is 0.191 e. The fourth-order valence-electron chi connectivity index (χ4n) is 2.75. The van der Waals surface area contributed by atoms with E-state index >= 15 is 0 Å². The van der Waals surface area contributed by atoms with Gasteiger partial charge in [0.15, 0.2) is 5.96 Å². The van der Waals surface area contributed by atoms with E-state index in [1.54, 1.807) is 21.3 Å². The van der Waals surface area contributed by atoms with Crippen molar-refractivity contribution in [3.05, 3.63) is 46.8 Å². The minimum absolute atomic E-state index is 0.651. The van der Waals surface area contributed by atoms with Crippen LogP contribution in [0.5, 0.6) is 5.75 Å². The van der Waals surface area contributed by atoms with Crippen LogP contribution in [0.1, 0.15) is 22.5 Å². The molecular formula is C19H29N5O2. The van der Waals surface area contributed by atoms with Gasteiger partial charge in [-0.05, 0) is 31.5 Å². The number of ether oxygens (including phenoxy) is 2. The van der Waals surface area contributed by atoms with E-state index in [0.29, 0.717) is 19.7 Å². The lowest BCUT2D eigenvalue weighted by molar-refractivity contribution is 0.182. The Labute approximate surface area is 155 Å². The van der Waals surface area contributed by atoms with Crippen molar-refractivity contribution in [3.63, 3.8) is 0 Å². The normalized spacial score (nSPS) is 11.5. The van der Waals surface area contributed by atoms with E-state index in [1.165, 1.54) is 5.56 Å². The van der Waals surface area contributed by atoms with Crippen molar-refractivity contribution >= 4 is 5.96 Å². The van der Waals surface area contributed by atoms with Crippen LogP contribution in [-0.2, 0) is 24.4 Å². The summed E-state index contributed by atoms with van der Waals surface area (Å²) >= 11 is 0. The number of benzene rings is 1. The number of rotatable bonds is 8. The number of nitrogens with one attached hydrogen (secondary N) is 2. The van der Waals surface area contributed by atoms with Crippen LogP contribution in [0, 0.1) is 13.8 Å². The maximum Gasteiger partial charge on any atom is 0.191 e. The van der Waals surface area contributed by atoms with Crippen LogP contribution in [0.2, 0.25) is 0 Å². The Hall–Kier alpha value is -2.54. The molecule has 0 amide bonds. The quantitative estimate of drug-likeness (QED) is 0.557. The highest BCUT2D eigenvalue weighted by Crippen LogP contribution is 2.13. The SMILES string of the molecule is CN=C(NCc1cccc(OC)c1)NCc1c(C)nn(CCOC)c1C. The van der Waals surface area contributed by atoms with E-state index in [1.807, 2.05) is 29.8 Å². The van der Waals surface area contributed by atoms with Crippen molar-refractivity contribution in [1.29, 1.82) is 0 Å². The van der Waals surface area contributed by atoms with E-state index in [0.717, 1.165) is 35.2 Å². The minimum Gasteiger partial charge on any atom is -0.497 e. The molecule has 0 saturated heterocycles. The van der Waals surface area contributed by atoms with E-state index in [-0.39, 0.29) is 0 Å². The van der Waals surface area contributed by atoms with Gasteiger partial charge in [0.1, 0.15) is 5.75 Å². The molecule has 0 radical (unpaired) electrons. The molecule has 2 aromatic rings. The van der Waals surface area contributed by atoms with Gasteiger partial charge in [0.05, 0.1) is 26.0 Å². The summed E-state index contributed by atoms with van der Waals surface area (Å²) in [7, 11) is 5.14.